The molecule has 1 aliphatic carbocycles. The third-order valence-electron chi connectivity index (χ3n) is 5.24. The van der Waals surface area contributed by atoms with Crippen molar-refractivity contribution >= 4 is 23.3 Å². The van der Waals surface area contributed by atoms with Crippen LogP contribution in [0.4, 0.5) is 16.2 Å². The maximum absolute atomic E-state index is 12.7. The van der Waals surface area contributed by atoms with Crippen molar-refractivity contribution in [2.75, 3.05) is 17.2 Å². The summed E-state index contributed by atoms with van der Waals surface area (Å²) < 4.78 is 0. The fourth-order valence-corrected chi connectivity index (χ4v) is 3.89. The number of nitrogens with zero attached hydrogens (tertiary/aromatic N) is 1. The molecule has 3 rings (SSSR count). The molecule has 1 saturated carbocycles. The van der Waals surface area contributed by atoms with Gasteiger partial charge in [0.1, 0.15) is 0 Å². The van der Waals surface area contributed by atoms with Crippen LogP contribution in [0.3, 0.4) is 0 Å². The molecule has 1 heterocycles. The second kappa shape index (κ2) is 6.81. The molecule has 130 valence electrons. The van der Waals surface area contributed by atoms with Gasteiger partial charge in [-0.05, 0) is 43.5 Å². The molecule has 1 spiro atoms. The quantitative estimate of drug-likeness (QED) is 0.796. The van der Waals surface area contributed by atoms with Gasteiger partial charge in [0.2, 0.25) is 5.91 Å². The number of nitrogens with one attached hydrogen (secondary N) is 2. The lowest BCUT2D eigenvalue weighted by Crippen LogP contribution is -2.52. The molecular formula is C18H25N3O3. The Hall–Kier alpha value is -2.08. The van der Waals surface area contributed by atoms with E-state index in [9.17, 15) is 14.7 Å². The first-order valence-electron chi connectivity index (χ1n) is 8.72. The van der Waals surface area contributed by atoms with Gasteiger partial charge < -0.3 is 20.6 Å². The highest BCUT2D eigenvalue weighted by Gasteiger charge is 2.51. The second-order valence-corrected chi connectivity index (χ2v) is 6.68. The lowest BCUT2D eigenvalue weighted by molar-refractivity contribution is -0.115. The number of urea groups is 1. The van der Waals surface area contributed by atoms with E-state index in [0.29, 0.717) is 30.8 Å². The topological polar surface area (TPSA) is 81.7 Å². The number of carbonyl (C=O) groups is 2. The average molecular weight is 331 g/mol. The number of benzene rings is 1. The Kier molecular flexibility index (Phi) is 4.76. The van der Waals surface area contributed by atoms with E-state index in [4.69, 9.17) is 0 Å². The van der Waals surface area contributed by atoms with Gasteiger partial charge in [-0.25, -0.2) is 4.79 Å². The van der Waals surface area contributed by atoms with Gasteiger partial charge in [-0.1, -0.05) is 19.8 Å². The number of aliphatic hydroxyl groups excluding tert-OH is 1. The summed E-state index contributed by atoms with van der Waals surface area (Å²) in [5.74, 6) is -0.0407. The van der Waals surface area contributed by atoms with Crippen molar-refractivity contribution in [3.63, 3.8) is 0 Å². The Labute approximate surface area is 142 Å². The molecule has 1 unspecified atom stereocenters. The number of likely N-dealkylation sites (tertiary alicyclic amines) is 1. The predicted molar refractivity (Wildman–Crippen MR) is 92.9 cm³/mol. The molecule has 6 nitrogen and oxygen atoms in total. The molecule has 0 bridgehead atoms. The molecule has 6 heteroatoms. The van der Waals surface area contributed by atoms with Gasteiger partial charge in [-0.3, -0.25) is 4.79 Å². The maximum atomic E-state index is 12.7. The average Bonchev–Trinajstić information content (AvgIpc) is 3.18. The normalized spacial score (nSPS) is 21.9. The van der Waals surface area contributed by atoms with E-state index in [2.05, 4.69) is 10.6 Å². The van der Waals surface area contributed by atoms with E-state index in [1.54, 1.807) is 31.2 Å². The molecular weight excluding hydrogens is 306 g/mol. The van der Waals surface area contributed by atoms with Crippen molar-refractivity contribution in [1.29, 1.82) is 0 Å². The van der Waals surface area contributed by atoms with E-state index >= 15 is 0 Å². The van der Waals surface area contributed by atoms with Crippen LogP contribution in [0.5, 0.6) is 0 Å². The summed E-state index contributed by atoms with van der Waals surface area (Å²) in [7, 11) is 0. The van der Waals surface area contributed by atoms with Crippen LogP contribution in [0.15, 0.2) is 24.3 Å². The number of hydrogen-bond donors (Lipinski definition) is 3. The zero-order valence-corrected chi connectivity index (χ0v) is 14.0. The highest BCUT2D eigenvalue weighted by molar-refractivity contribution is 5.92. The maximum Gasteiger partial charge on any atom is 0.322 e. The standard InChI is InChI=1S/C18H25N3O3/c1-2-16(23)19-13-5-7-14(8-6-13)20-17(24)21-12-9-15(22)18(21)10-3-4-11-18/h5-8,15,22H,2-4,9-12H2,1H3,(H,19,23)(H,20,24). The Bertz CT molecular complexity index is 608. The fraction of sp³-hybridized carbons (Fsp3) is 0.556. The lowest BCUT2D eigenvalue weighted by atomic mass is 9.91. The lowest BCUT2D eigenvalue weighted by Gasteiger charge is -2.37. The first-order valence-corrected chi connectivity index (χ1v) is 8.72. The van der Waals surface area contributed by atoms with Crippen molar-refractivity contribution in [1.82, 2.24) is 4.90 Å². The Morgan fingerprint density at radius 1 is 1.17 bits per heavy atom. The summed E-state index contributed by atoms with van der Waals surface area (Å²) in [4.78, 5) is 25.9. The minimum absolute atomic E-state index is 0.0407. The molecule has 24 heavy (non-hydrogen) atoms. The van der Waals surface area contributed by atoms with E-state index < -0.39 is 6.10 Å². The zero-order valence-electron chi connectivity index (χ0n) is 14.0. The third-order valence-corrected chi connectivity index (χ3v) is 5.24. The van der Waals surface area contributed by atoms with Crippen molar-refractivity contribution in [3.05, 3.63) is 24.3 Å². The second-order valence-electron chi connectivity index (χ2n) is 6.68. The molecule has 1 saturated heterocycles. The van der Waals surface area contributed by atoms with E-state index in [1.807, 2.05) is 4.90 Å². The molecule has 0 aromatic heterocycles. The molecule has 1 aromatic carbocycles. The van der Waals surface area contributed by atoms with E-state index in [-0.39, 0.29) is 17.5 Å². The predicted octanol–water partition coefficient (Wildman–Crippen LogP) is 2.95. The van der Waals surface area contributed by atoms with Crippen molar-refractivity contribution in [3.8, 4) is 0 Å². The first-order chi connectivity index (χ1) is 11.5. The van der Waals surface area contributed by atoms with Gasteiger partial charge >= 0.3 is 6.03 Å². The van der Waals surface area contributed by atoms with Crippen LogP contribution in [0.2, 0.25) is 0 Å². The van der Waals surface area contributed by atoms with E-state index in [0.717, 1.165) is 25.7 Å². The van der Waals surface area contributed by atoms with Crippen LogP contribution in [0.25, 0.3) is 0 Å². The van der Waals surface area contributed by atoms with Crippen LogP contribution in [0.1, 0.15) is 45.4 Å². The summed E-state index contributed by atoms with van der Waals surface area (Å²) in [5.41, 5.74) is 1.02. The van der Waals surface area contributed by atoms with Gasteiger partial charge in [0.25, 0.3) is 0 Å². The zero-order chi connectivity index (χ0) is 17.2. The van der Waals surface area contributed by atoms with Gasteiger partial charge in [0, 0.05) is 24.3 Å². The minimum Gasteiger partial charge on any atom is -0.391 e. The van der Waals surface area contributed by atoms with E-state index in [1.165, 1.54) is 0 Å². The number of rotatable bonds is 3. The highest BCUT2D eigenvalue weighted by Crippen LogP contribution is 2.43. The summed E-state index contributed by atoms with van der Waals surface area (Å²) >= 11 is 0. The Morgan fingerprint density at radius 2 is 1.75 bits per heavy atom. The highest BCUT2D eigenvalue weighted by atomic mass is 16.3. The van der Waals surface area contributed by atoms with Gasteiger partial charge in [-0.15, -0.1) is 0 Å². The van der Waals surface area contributed by atoms with Crippen molar-refractivity contribution in [2.45, 2.75) is 57.1 Å². The van der Waals surface area contributed by atoms with Crippen LogP contribution in [-0.2, 0) is 4.79 Å². The molecule has 1 atom stereocenters. The fourth-order valence-electron chi connectivity index (χ4n) is 3.89. The Balaban J connectivity index is 1.65. The molecule has 1 aliphatic heterocycles. The molecule has 2 fully saturated rings. The van der Waals surface area contributed by atoms with Gasteiger partial charge in [-0.2, -0.15) is 0 Å². The van der Waals surface area contributed by atoms with Crippen LogP contribution >= 0.6 is 0 Å². The van der Waals surface area contributed by atoms with Crippen LogP contribution < -0.4 is 10.6 Å². The largest absolute Gasteiger partial charge is 0.391 e. The molecule has 3 amide bonds. The van der Waals surface area contributed by atoms with Crippen LogP contribution in [0, 0.1) is 0 Å². The summed E-state index contributed by atoms with van der Waals surface area (Å²) in [6.45, 7) is 2.39. The number of aliphatic hydroxyl groups is 1. The molecule has 1 aromatic rings. The first kappa shape index (κ1) is 16.8. The Morgan fingerprint density at radius 3 is 2.33 bits per heavy atom. The number of hydrogen-bond acceptors (Lipinski definition) is 3. The summed E-state index contributed by atoms with van der Waals surface area (Å²) in [5, 5.41) is 16.0. The van der Waals surface area contributed by atoms with Crippen molar-refractivity contribution in [2.24, 2.45) is 0 Å². The molecule has 3 N–H and O–H groups in total. The smallest absolute Gasteiger partial charge is 0.322 e. The minimum atomic E-state index is -0.419. The number of anilines is 2. The summed E-state index contributed by atoms with van der Waals surface area (Å²) in [6.07, 6.45) is 4.54. The van der Waals surface area contributed by atoms with Gasteiger partial charge in [0.05, 0.1) is 11.6 Å². The molecule has 0 radical (unpaired) electrons. The number of carbonyl (C=O) groups excluding carboxylic acids is 2. The van der Waals surface area contributed by atoms with Gasteiger partial charge in [0.15, 0.2) is 0 Å². The molecule has 2 aliphatic rings. The monoisotopic (exact) mass is 331 g/mol. The van der Waals surface area contributed by atoms with Crippen molar-refractivity contribution < 1.29 is 14.7 Å². The summed E-state index contributed by atoms with van der Waals surface area (Å²) in [6, 6.07) is 6.94. The SMILES string of the molecule is CCC(=O)Nc1ccc(NC(=O)N2CCC(O)C23CCCC3)cc1. The third kappa shape index (κ3) is 3.11. The number of amides is 3. The van der Waals surface area contributed by atoms with Crippen LogP contribution in [-0.4, -0.2) is 40.1 Å².